The van der Waals surface area contributed by atoms with E-state index in [0.717, 1.165) is 52.7 Å². The van der Waals surface area contributed by atoms with Gasteiger partial charge in [-0.3, -0.25) is 0 Å². The average Bonchev–Trinajstić information content (AvgIpc) is 3.11. The van der Waals surface area contributed by atoms with Crippen LogP contribution in [-0.2, 0) is 13.0 Å². The summed E-state index contributed by atoms with van der Waals surface area (Å²) in [4.78, 5) is 3.48. The molecular weight excluding hydrogens is 363 g/mol. The summed E-state index contributed by atoms with van der Waals surface area (Å²) in [7, 11) is 0. The quantitative estimate of drug-likeness (QED) is 0.373. The van der Waals surface area contributed by atoms with Crippen LogP contribution in [0.1, 0.15) is 24.0 Å². The molecule has 0 fully saturated rings. The van der Waals surface area contributed by atoms with Crippen LogP contribution >= 0.6 is 0 Å². The van der Waals surface area contributed by atoms with Crippen molar-refractivity contribution in [3.63, 3.8) is 0 Å². The van der Waals surface area contributed by atoms with Crippen LogP contribution in [0, 0.1) is 5.82 Å². The number of ether oxygens (including phenoxy) is 1. The molecule has 0 aliphatic carbocycles. The van der Waals surface area contributed by atoms with E-state index >= 15 is 0 Å². The predicted molar refractivity (Wildman–Crippen MR) is 116 cm³/mol. The fourth-order valence-electron chi connectivity index (χ4n) is 3.65. The normalized spacial score (nSPS) is 11.1. The Bertz CT molecular complexity index is 1090. The van der Waals surface area contributed by atoms with Gasteiger partial charge in [0.1, 0.15) is 18.2 Å². The molecule has 29 heavy (non-hydrogen) atoms. The van der Waals surface area contributed by atoms with Gasteiger partial charge in [-0.2, -0.15) is 0 Å². The second kappa shape index (κ2) is 8.93. The van der Waals surface area contributed by atoms with Gasteiger partial charge >= 0.3 is 0 Å². The molecule has 0 aliphatic rings. The first kappa shape index (κ1) is 19.2. The summed E-state index contributed by atoms with van der Waals surface area (Å²) in [5, 5.41) is 1.12. The van der Waals surface area contributed by atoms with Gasteiger partial charge in [0.05, 0.1) is 0 Å². The van der Waals surface area contributed by atoms with E-state index in [1.807, 2.05) is 36.4 Å². The standard InChI is InChI=1S/C25H25FN2O/c26-20-10-6-9-19(15-20)25-22(11-4-5-14-27)23-16-21(12-13-24(23)28-25)29-17-18-7-2-1-3-8-18/h1-3,6-10,12-13,15-16,28H,4-5,11,14,17,27H2. The highest BCUT2D eigenvalue weighted by molar-refractivity contribution is 5.91. The molecule has 0 spiro atoms. The van der Waals surface area contributed by atoms with Gasteiger partial charge in [-0.15, -0.1) is 0 Å². The van der Waals surface area contributed by atoms with Crippen LogP contribution in [-0.4, -0.2) is 11.5 Å². The van der Waals surface area contributed by atoms with Crippen LogP contribution in [0.3, 0.4) is 0 Å². The van der Waals surface area contributed by atoms with Crippen LogP contribution in [0.5, 0.6) is 5.75 Å². The highest BCUT2D eigenvalue weighted by Crippen LogP contribution is 2.34. The van der Waals surface area contributed by atoms with Crippen molar-refractivity contribution in [1.82, 2.24) is 4.98 Å². The van der Waals surface area contributed by atoms with E-state index in [2.05, 4.69) is 23.2 Å². The van der Waals surface area contributed by atoms with Gasteiger partial charge in [0.15, 0.2) is 0 Å². The first-order valence-corrected chi connectivity index (χ1v) is 10.0. The summed E-state index contributed by atoms with van der Waals surface area (Å²) < 4.78 is 19.8. The number of hydrogen-bond acceptors (Lipinski definition) is 2. The maximum atomic E-state index is 13.8. The number of hydrogen-bond donors (Lipinski definition) is 2. The van der Waals surface area contributed by atoms with E-state index in [1.54, 1.807) is 12.1 Å². The number of aromatic amines is 1. The van der Waals surface area contributed by atoms with Crippen LogP contribution < -0.4 is 10.5 Å². The summed E-state index contributed by atoms with van der Waals surface area (Å²) in [6, 6.07) is 22.9. The molecule has 3 aromatic carbocycles. The van der Waals surface area contributed by atoms with E-state index in [4.69, 9.17) is 10.5 Å². The Balaban J connectivity index is 1.68. The minimum absolute atomic E-state index is 0.235. The molecule has 0 amide bonds. The van der Waals surface area contributed by atoms with Crippen molar-refractivity contribution < 1.29 is 9.13 Å². The molecule has 3 nitrogen and oxygen atoms in total. The van der Waals surface area contributed by atoms with Gasteiger partial charge in [0.2, 0.25) is 0 Å². The second-order valence-electron chi connectivity index (χ2n) is 7.22. The zero-order chi connectivity index (χ0) is 20.1. The maximum absolute atomic E-state index is 13.8. The lowest BCUT2D eigenvalue weighted by Crippen LogP contribution is -1.99. The zero-order valence-electron chi connectivity index (χ0n) is 16.3. The number of nitrogens with two attached hydrogens (primary N) is 1. The SMILES string of the molecule is NCCCCc1c(-c2cccc(F)c2)[nH]c2ccc(OCc3ccccc3)cc12. The number of aromatic nitrogens is 1. The smallest absolute Gasteiger partial charge is 0.123 e. The molecule has 148 valence electrons. The first-order valence-electron chi connectivity index (χ1n) is 10.0. The largest absolute Gasteiger partial charge is 0.489 e. The Morgan fingerprint density at radius 2 is 1.76 bits per heavy atom. The van der Waals surface area contributed by atoms with E-state index in [1.165, 1.54) is 11.6 Å². The summed E-state index contributed by atoms with van der Waals surface area (Å²) in [5.74, 6) is 0.590. The average molecular weight is 388 g/mol. The number of halogens is 1. The minimum atomic E-state index is -0.235. The third-order valence-electron chi connectivity index (χ3n) is 5.12. The zero-order valence-corrected chi connectivity index (χ0v) is 16.3. The van der Waals surface area contributed by atoms with Crippen LogP contribution in [0.15, 0.2) is 72.8 Å². The van der Waals surface area contributed by atoms with Gasteiger partial charge in [0, 0.05) is 22.2 Å². The number of benzene rings is 3. The van der Waals surface area contributed by atoms with Crippen LogP contribution in [0.25, 0.3) is 22.2 Å². The van der Waals surface area contributed by atoms with E-state index < -0.39 is 0 Å². The molecule has 0 radical (unpaired) electrons. The first-order chi connectivity index (χ1) is 14.2. The molecule has 0 saturated heterocycles. The monoisotopic (exact) mass is 388 g/mol. The minimum Gasteiger partial charge on any atom is -0.489 e. The van der Waals surface area contributed by atoms with E-state index in [0.29, 0.717) is 13.2 Å². The third kappa shape index (κ3) is 4.49. The molecule has 0 unspecified atom stereocenters. The number of rotatable bonds is 8. The molecule has 4 heteroatoms. The summed E-state index contributed by atoms with van der Waals surface area (Å²) >= 11 is 0. The van der Waals surface area contributed by atoms with Crippen molar-refractivity contribution in [1.29, 1.82) is 0 Å². The molecule has 0 aliphatic heterocycles. The molecule has 1 aromatic heterocycles. The number of nitrogens with one attached hydrogen (secondary N) is 1. The summed E-state index contributed by atoms with van der Waals surface area (Å²) in [6.07, 6.45) is 2.82. The van der Waals surface area contributed by atoms with Crippen molar-refractivity contribution in [2.75, 3.05) is 6.54 Å². The van der Waals surface area contributed by atoms with Crippen molar-refractivity contribution in [3.8, 4) is 17.0 Å². The van der Waals surface area contributed by atoms with Gasteiger partial charge in [-0.25, -0.2) is 4.39 Å². The molecule has 0 atom stereocenters. The lowest BCUT2D eigenvalue weighted by molar-refractivity contribution is 0.306. The Hall–Kier alpha value is -3.11. The Labute approximate surface area is 170 Å². The van der Waals surface area contributed by atoms with Crippen molar-refractivity contribution >= 4 is 10.9 Å². The highest BCUT2D eigenvalue weighted by atomic mass is 19.1. The second-order valence-corrected chi connectivity index (χ2v) is 7.22. The highest BCUT2D eigenvalue weighted by Gasteiger charge is 2.14. The van der Waals surface area contributed by atoms with Crippen LogP contribution in [0.4, 0.5) is 4.39 Å². The molecule has 3 N–H and O–H groups in total. The molecular formula is C25H25FN2O. The lowest BCUT2D eigenvalue weighted by Gasteiger charge is -2.08. The van der Waals surface area contributed by atoms with E-state index in [9.17, 15) is 4.39 Å². The maximum Gasteiger partial charge on any atom is 0.123 e. The van der Waals surface area contributed by atoms with Gasteiger partial charge in [-0.05, 0) is 67.3 Å². The van der Waals surface area contributed by atoms with Crippen molar-refractivity contribution in [2.24, 2.45) is 5.73 Å². The van der Waals surface area contributed by atoms with E-state index in [-0.39, 0.29) is 5.82 Å². The molecule has 4 rings (SSSR count). The molecule has 0 saturated carbocycles. The number of unbranched alkanes of at least 4 members (excludes halogenated alkanes) is 1. The Kier molecular flexibility index (Phi) is 5.92. The molecule has 4 aromatic rings. The van der Waals surface area contributed by atoms with Crippen LogP contribution in [0.2, 0.25) is 0 Å². The molecule has 0 bridgehead atoms. The number of H-pyrrole nitrogens is 1. The third-order valence-corrected chi connectivity index (χ3v) is 5.12. The molecule has 1 heterocycles. The predicted octanol–water partition coefficient (Wildman–Crippen LogP) is 5.83. The van der Waals surface area contributed by atoms with Crippen molar-refractivity contribution in [3.05, 3.63) is 89.7 Å². The van der Waals surface area contributed by atoms with Gasteiger partial charge < -0.3 is 15.5 Å². The van der Waals surface area contributed by atoms with Crippen molar-refractivity contribution in [2.45, 2.75) is 25.9 Å². The van der Waals surface area contributed by atoms with Gasteiger partial charge in [0.25, 0.3) is 0 Å². The fourth-order valence-corrected chi connectivity index (χ4v) is 3.65. The Morgan fingerprint density at radius 1 is 0.897 bits per heavy atom. The lowest BCUT2D eigenvalue weighted by atomic mass is 10.00. The Morgan fingerprint density at radius 3 is 2.55 bits per heavy atom. The summed E-state index contributed by atoms with van der Waals surface area (Å²) in [5.41, 5.74) is 10.9. The number of aryl methyl sites for hydroxylation is 1. The fraction of sp³-hybridized carbons (Fsp3) is 0.200. The number of fused-ring (bicyclic) bond motifs is 1. The summed E-state index contributed by atoms with van der Waals surface area (Å²) in [6.45, 7) is 1.19. The topological polar surface area (TPSA) is 51.0 Å². The van der Waals surface area contributed by atoms with Gasteiger partial charge in [-0.1, -0.05) is 42.5 Å².